The van der Waals surface area contributed by atoms with Gasteiger partial charge in [0, 0.05) is 12.5 Å². The molecule has 2 atom stereocenters. The van der Waals surface area contributed by atoms with Crippen LogP contribution in [0.15, 0.2) is 59.5 Å². The van der Waals surface area contributed by atoms with Crippen molar-refractivity contribution in [3.63, 3.8) is 0 Å². The third-order valence-electron chi connectivity index (χ3n) is 5.78. The lowest BCUT2D eigenvalue weighted by Crippen LogP contribution is -2.45. The Morgan fingerprint density at radius 1 is 1.06 bits per heavy atom. The molecular weight excluding hydrogens is 418 g/mol. The number of carbonyl (C=O) groups is 1. The Kier molecular flexibility index (Phi) is 7.03. The summed E-state index contributed by atoms with van der Waals surface area (Å²) in [6, 6.07) is 14.9. The van der Waals surface area contributed by atoms with E-state index in [1.807, 2.05) is 44.2 Å². The van der Waals surface area contributed by atoms with Gasteiger partial charge in [-0.1, -0.05) is 44.2 Å². The van der Waals surface area contributed by atoms with Crippen LogP contribution in [0.25, 0.3) is 0 Å². The van der Waals surface area contributed by atoms with E-state index in [2.05, 4.69) is 0 Å². The maximum absolute atomic E-state index is 13.4. The normalized spacial score (nSPS) is 21.0. The number of sulfonamides is 1. The van der Waals surface area contributed by atoms with Gasteiger partial charge in [0.25, 0.3) is 0 Å². The zero-order chi connectivity index (χ0) is 22.6. The standard InChI is InChI=1S/C23H29NO6S/c1-23(2)16-24(31(26,27)19-12-10-18(28-3)11-13-19)21(22(25)29-4)20(23)15-30-14-17-8-6-5-7-9-17/h5-13,20-21H,14-16H2,1-4H3/t20-,21+/m0/s1. The van der Waals surface area contributed by atoms with Gasteiger partial charge in [-0.05, 0) is 35.2 Å². The molecule has 31 heavy (non-hydrogen) atoms. The molecule has 0 bridgehead atoms. The topological polar surface area (TPSA) is 82.1 Å². The van der Waals surface area contributed by atoms with Gasteiger partial charge in [-0.2, -0.15) is 4.31 Å². The number of hydrogen-bond acceptors (Lipinski definition) is 6. The van der Waals surface area contributed by atoms with Crippen LogP contribution in [0.3, 0.4) is 0 Å². The van der Waals surface area contributed by atoms with E-state index in [9.17, 15) is 13.2 Å². The number of esters is 1. The van der Waals surface area contributed by atoms with Crippen molar-refractivity contribution in [2.75, 3.05) is 27.4 Å². The van der Waals surface area contributed by atoms with Crippen LogP contribution in [-0.2, 0) is 30.9 Å². The maximum Gasteiger partial charge on any atom is 0.324 e. The molecule has 1 aliphatic heterocycles. The van der Waals surface area contributed by atoms with E-state index < -0.39 is 27.4 Å². The SMILES string of the molecule is COC(=O)[C@H]1[C@H](COCc2ccccc2)C(C)(C)CN1S(=O)(=O)c1ccc(OC)cc1. The van der Waals surface area contributed by atoms with Gasteiger partial charge in [-0.25, -0.2) is 8.42 Å². The Morgan fingerprint density at radius 3 is 2.29 bits per heavy atom. The summed E-state index contributed by atoms with van der Waals surface area (Å²) < 4.78 is 44.1. The zero-order valence-corrected chi connectivity index (χ0v) is 19.1. The third kappa shape index (κ3) is 4.92. The molecule has 2 aromatic rings. The van der Waals surface area contributed by atoms with Crippen LogP contribution in [-0.4, -0.2) is 52.1 Å². The quantitative estimate of drug-likeness (QED) is 0.579. The van der Waals surface area contributed by atoms with Gasteiger partial charge in [-0.3, -0.25) is 4.79 Å². The predicted molar refractivity (Wildman–Crippen MR) is 116 cm³/mol. The van der Waals surface area contributed by atoms with Gasteiger partial charge in [0.15, 0.2) is 0 Å². The summed E-state index contributed by atoms with van der Waals surface area (Å²) in [5, 5.41) is 0. The molecule has 8 heteroatoms. The smallest absolute Gasteiger partial charge is 0.324 e. The van der Waals surface area contributed by atoms with Crippen molar-refractivity contribution in [1.82, 2.24) is 4.31 Å². The lowest BCUT2D eigenvalue weighted by atomic mass is 9.79. The van der Waals surface area contributed by atoms with E-state index in [0.29, 0.717) is 12.4 Å². The van der Waals surface area contributed by atoms with E-state index in [1.165, 1.54) is 30.7 Å². The minimum atomic E-state index is -3.93. The van der Waals surface area contributed by atoms with Crippen molar-refractivity contribution in [3.05, 3.63) is 60.2 Å². The molecule has 1 fully saturated rings. The zero-order valence-electron chi connectivity index (χ0n) is 18.3. The number of ether oxygens (including phenoxy) is 3. The third-order valence-corrected chi connectivity index (χ3v) is 7.62. The molecule has 1 saturated heterocycles. The fourth-order valence-electron chi connectivity index (χ4n) is 3.96. The van der Waals surface area contributed by atoms with Gasteiger partial charge in [0.1, 0.15) is 11.8 Å². The van der Waals surface area contributed by atoms with Crippen molar-refractivity contribution < 1.29 is 27.4 Å². The number of carbonyl (C=O) groups excluding carboxylic acids is 1. The largest absolute Gasteiger partial charge is 0.497 e. The monoisotopic (exact) mass is 447 g/mol. The van der Waals surface area contributed by atoms with E-state index >= 15 is 0 Å². The van der Waals surface area contributed by atoms with Crippen LogP contribution >= 0.6 is 0 Å². The first-order valence-electron chi connectivity index (χ1n) is 10.1. The minimum Gasteiger partial charge on any atom is -0.497 e. The number of nitrogens with zero attached hydrogens (tertiary/aromatic N) is 1. The molecule has 0 aliphatic carbocycles. The summed E-state index contributed by atoms with van der Waals surface area (Å²) >= 11 is 0. The molecule has 0 saturated carbocycles. The van der Waals surface area contributed by atoms with Crippen LogP contribution < -0.4 is 4.74 Å². The fraction of sp³-hybridized carbons (Fsp3) is 0.435. The van der Waals surface area contributed by atoms with Crippen molar-refractivity contribution in [2.45, 2.75) is 31.4 Å². The molecule has 2 aromatic carbocycles. The van der Waals surface area contributed by atoms with Gasteiger partial charge in [0.05, 0.1) is 32.3 Å². The highest BCUT2D eigenvalue weighted by Gasteiger charge is 2.55. The summed E-state index contributed by atoms with van der Waals surface area (Å²) in [7, 11) is -1.14. The van der Waals surface area contributed by atoms with Crippen molar-refractivity contribution in [1.29, 1.82) is 0 Å². The molecule has 7 nitrogen and oxygen atoms in total. The first kappa shape index (κ1) is 23.2. The minimum absolute atomic E-state index is 0.101. The van der Waals surface area contributed by atoms with E-state index in [0.717, 1.165) is 5.56 Å². The Balaban J connectivity index is 1.86. The van der Waals surface area contributed by atoms with Gasteiger partial charge < -0.3 is 14.2 Å². The van der Waals surface area contributed by atoms with Crippen molar-refractivity contribution >= 4 is 16.0 Å². The molecule has 168 valence electrons. The Labute approximate surface area is 184 Å². The highest BCUT2D eigenvalue weighted by atomic mass is 32.2. The predicted octanol–water partition coefficient (Wildman–Crippen LogP) is 3.10. The molecule has 1 heterocycles. The van der Waals surface area contributed by atoms with Crippen molar-refractivity contribution in [2.24, 2.45) is 11.3 Å². The summed E-state index contributed by atoms with van der Waals surface area (Å²) in [4.78, 5) is 12.8. The Morgan fingerprint density at radius 2 is 1.71 bits per heavy atom. The first-order chi connectivity index (χ1) is 14.7. The fourth-order valence-corrected chi connectivity index (χ4v) is 5.75. The molecule has 0 unspecified atom stereocenters. The number of benzene rings is 2. The lowest BCUT2D eigenvalue weighted by molar-refractivity contribution is -0.146. The second-order valence-corrected chi connectivity index (χ2v) is 10.2. The molecule has 0 aromatic heterocycles. The summed E-state index contributed by atoms with van der Waals surface area (Å²) in [6.45, 7) is 4.69. The summed E-state index contributed by atoms with van der Waals surface area (Å²) in [6.07, 6.45) is 0. The number of rotatable bonds is 8. The van der Waals surface area contributed by atoms with E-state index in [4.69, 9.17) is 14.2 Å². The van der Waals surface area contributed by atoms with Gasteiger partial charge in [-0.15, -0.1) is 0 Å². The van der Waals surface area contributed by atoms with Crippen LogP contribution in [0, 0.1) is 11.3 Å². The second-order valence-electron chi connectivity index (χ2n) is 8.29. The molecule has 0 amide bonds. The number of methoxy groups -OCH3 is 2. The average Bonchev–Trinajstić information content (AvgIpc) is 3.05. The summed E-state index contributed by atoms with van der Waals surface area (Å²) in [5.41, 5.74) is 0.519. The van der Waals surface area contributed by atoms with Crippen molar-refractivity contribution in [3.8, 4) is 5.75 Å². The van der Waals surface area contributed by atoms with Gasteiger partial charge >= 0.3 is 5.97 Å². The summed E-state index contributed by atoms with van der Waals surface area (Å²) in [5.74, 6) is -0.398. The molecular formula is C23H29NO6S. The molecule has 0 radical (unpaired) electrons. The highest BCUT2D eigenvalue weighted by molar-refractivity contribution is 7.89. The molecule has 1 aliphatic rings. The van der Waals surface area contributed by atoms with Crippen LogP contribution in [0.5, 0.6) is 5.75 Å². The average molecular weight is 448 g/mol. The van der Waals surface area contributed by atoms with Gasteiger partial charge in [0.2, 0.25) is 10.0 Å². The molecule has 3 rings (SSSR count). The Bertz CT molecular complexity index is 988. The maximum atomic E-state index is 13.4. The van der Waals surface area contributed by atoms with Crippen LogP contribution in [0.1, 0.15) is 19.4 Å². The second kappa shape index (κ2) is 9.38. The van der Waals surface area contributed by atoms with E-state index in [1.54, 1.807) is 12.1 Å². The lowest BCUT2D eigenvalue weighted by Gasteiger charge is -2.28. The van der Waals surface area contributed by atoms with Crippen LogP contribution in [0.2, 0.25) is 0 Å². The highest BCUT2D eigenvalue weighted by Crippen LogP contribution is 2.43. The number of hydrogen-bond donors (Lipinski definition) is 0. The molecule has 0 N–H and O–H groups in total. The molecule has 0 spiro atoms. The Hall–Kier alpha value is -2.42. The first-order valence-corrected chi connectivity index (χ1v) is 11.5. The van der Waals surface area contributed by atoms with Crippen LogP contribution in [0.4, 0.5) is 0 Å². The van der Waals surface area contributed by atoms with E-state index in [-0.39, 0.29) is 24.0 Å².